The third-order valence-electron chi connectivity index (χ3n) is 7.14. The molecule has 0 saturated heterocycles. The molecule has 2 aromatic carbocycles. The van der Waals surface area contributed by atoms with E-state index in [4.69, 9.17) is 16.3 Å². The Morgan fingerprint density at radius 3 is 2.10 bits per heavy atom. The summed E-state index contributed by atoms with van der Waals surface area (Å²) < 4.78 is 72.5. The highest BCUT2D eigenvalue weighted by Crippen LogP contribution is 2.24. The fourth-order valence-corrected chi connectivity index (χ4v) is 4.76. The highest BCUT2D eigenvalue weighted by molar-refractivity contribution is 6.30. The number of ketones is 1. The summed E-state index contributed by atoms with van der Waals surface area (Å²) in [7, 11) is 1.37. The number of Topliss-reactive ketones (excluding diaryl/α,β-unsaturated/α-hetero) is 1. The van der Waals surface area contributed by atoms with E-state index in [0.717, 1.165) is 5.32 Å². The van der Waals surface area contributed by atoms with Crippen molar-refractivity contribution in [3.63, 3.8) is 0 Å². The average Bonchev–Trinajstić information content (AvgIpc) is 3.07. The number of ether oxygens (including phenoxy) is 1. The summed E-state index contributed by atoms with van der Waals surface area (Å²) in [6, 6.07) is 11.4. The van der Waals surface area contributed by atoms with Gasteiger partial charge in [0.05, 0.1) is 13.2 Å². The molecule has 3 rings (SSSR count). The molecule has 1 heterocycles. The first-order valence-electron chi connectivity index (χ1n) is 14.9. The zero-order valence-electron chi connectivity index (χ0n) is 26.8. The van der Waals surface area contributed by atoms with E-state index in [9.17, 15) is 45.9 Å². The Kier molecular flexibility index (Phi) is 13.4. The molecule has 2 unspecified atom stereocenters. The zero-order chi connectivity index (χ0) is 37.2. The monoisotopic (exact) mass is 725 g/mol. The molecule has 0 radical (unpaired) electrons. The largest absolute Gasteiger partial charge is 0.497 e. The van der Waals surface area contributed by atoms with E-state index in [0.29, 0.717) is 16.3 Å². The summed E-state index contributed by atoms with van der Waals surface area (Å²) in [6.07, 6.45) is -3.80. The topological polar surface area (TPSA) is 156 Å². The van der Waals surface area contributed by atoms with Gasteiger partial charge in [0.25, 0.3) is 11.8 Å². The molecule has 3 atom stereocenters. The summed E-state index contributed by atoms with van der Waals surface area (Å²) in [5.41, 5.74) is 0.569. The molecule has 0 aliphatic rings. The van der Waals surface area contributed by atoms with Crippen molar-refractivity contribution in [2.24, 2.45) is 5.92 Å². The predicted molar refractivity (Wildman–Crippen MR) is 170 cm³/mol. The summed E-state index contributed by atoms with van der Waals surface area (Å²) in [6.45, 7) is 0.385. The average molecular weight is 726 g/mol. The number of carbonyl (C=O) groups is 5. The van der Waals surface area contributed by atoms with Crippen LogP contribution in [-0.2, 0) is 25.6 Å². The minimum atomic E-state index is -5.04. The first kappa shape index (κ1) is 39.3. The first-order chi connectivity index (χ1) is 23.4. The maximum Gasteiger partial charge on any atom is 0.405 e. The van der Waals surface area contributed by atoms with Gasteiger partial charge < -0.3 is 26.0 Å². The van der Waals surface area contributed by atoms with Gasteiger partial charge in [-0.05, 0) is 53.4 Å². The maximum absolute atomic E-state index is 14.8. The third kappa shape index (κ3) is 10.9. The normalized spacial score (nSPS) is 13.4. The molecule has 11 nitrogen and oxygen atoms in total. The van der Waals surface area contributed by atoms with Gasteiger partial charge in [0.1, 0.15) is 30.1 Å². The van der Waals surface area contributed by atoms with Gasteiger partial charge >= 0.3 is 12.1 Å². The van der Waals surface area contributed by atoms with Crippen LogP contribution in [0.25, 0.3) is 0 Å². The van der Waals surface area contributed by atoms with Crippen LogP contribution in [0.3, 0.4) is 0 Å². The van der Waals surface area contributed by atoms with Gasteiger partial charge in [-0.2, -0.15) is 22.0 Å². The number of nitrogens with one attached hydrogen (secondary N) is 4. The number of hydrogen-bond donors (Lipinski definition) is 4. The standard InChI is InChI=1S/C33H33ClF5N5O6/c1-18(2)25(27(45)33(38,39)31(49)41-17-32(35,36)37)43-30(48)26(20-10-12-22(50-3)13-11-20)44-29(47)24(16-19-7-6-8-21(34)15-19)42-28(46)23-9-4-5-14-40-23/h4-15,18,24-26H,16-17H2,1-3H3,(H,41,49)(H,42,46)(H,43,48)(H,44,47)/t24?,25-,26?/m0/s1. The van der Waals surface area contributed by atoms with Crippen LogP contribution in [0.4, 0.5) is 22.0 Å². The van der Waals surface area contributed by atoms with Gasteiger partial charge in [-0.1, -0.05) is 55.8 Å². The number of nitrogens with zero attached hydrogens (tertiary/aromatic N) is 1. The van der Waals surface area contributed by atoms with Crippen LogP contribution in [0.1, 0.15) is 41.5 Å². The highest BCUT2D eigenvalue weighted by Gasteiger charge is 2.52. The Morgan fingerprint density at radius 1 is 0.860 bits per heavy atom. The van der Waals surface area contributed by atoms with Crippen molar-refractivity contribution < 1.29 is 50.7 Å². The van der Waals surface area contributed by atoms with E-state index in [-0.39, 0.29) is 17.7 Å². The number of aromatic nitrogens is 1. The Balaban J connectivity index is 1.95. The van der Waals surface area contributed by atoms with Crippen LogP contribution in [-0.4, -0.2) is 72.2 Å². The van der Waals surface area contributed by atoms with E-state index in [1.807, 2.05) is 0 Å². The summed E-state index contributed by atoms with van der Waals surface area (Å²) >= 11 is 6.11. The minimum absolute atomic E-state index is 0.0284. The predicted octanol–water partition coefficient (Wildman–Crippen LogP) is 3.97. The molecule has 17 heteroatoms. The van der Waals surface area contributed by atoms with E-state index in [2.05, 4.69) is 20.9 Å². The van der Waals surface area contributed by atoms with Crippen LogP contribution >= 0.6 is 11.6 Å². The van der Waals surface area contributed by atoms with Crippen LogP contribution in [0, 0.1) is 5.92 Å². The van der Waals surface area contributed by atoms with Gasteiger partial charge in [-0.15, -0.1) is 0 Å². The van der Waals surface area contributed by atoms with Crippen molar-refractivity contribution >= 4 is 41.0 Å². The molecule has 0 saturated carbocycles. The first-order valence-corrected chi connectivity index (χ1v) is 15.3. The second-order valence-corrected chi connectivity index (χ2v) is 11.7. The maximum atomic E-state index is 14.8. The van der Waals surface area contributed by atoms with Gasteiger partial charge in [0.2, 0.25) is 17.6 Å². The lowest BCUT2D eigenvalue weighted by Crippen LogP contribution is -2.58. The Hall–Kier alpha value is -5.12. The van der Waals surface area contributed by atoms with Gasteiger partial charge in [-0.3, -0.25) is 29.0 Å². The number of methoxy groups -OCH3 is 1. The lowest BCUT2D eigenvalue weighted by atomic mass is 9.94. The number of halogens is 6. The number of amides is 4. The Morgan fingerprint density at radius 2 is 1.54 bits per heavy atom. The van der Waals surface area contributed by atoms with E-state index in [1.165, 1.54) is 57.5 Å². The molecule has 50 heavy (non-hydrogen) atoms. The molecule has 0 bridgehead atoms. The van der Waals surface area contributed by atoms with Crippen molar-refractivity contribution in [1.82, 2.24) is 26.3 Å². The second kappa shape index (κ2) is 17.0. The van der Waals surface area contributed by atoms with E-state index < -0.39 is 72.1 Å². The van der Waals surface area contributed by atoms with Crippen LogP contribution in [0.5, 0.6) is 5.75 Å². The van der Waals surface area contributed by atoms with Crippen LogP contribution in [0.2, 0.25) is 5.02 Å². The van der Waals surface area contributed by atoms with Crippen molar-refractivity contribution in [2.45, 2.75) is 50.5 Å². The second-order valence-electron chi connectivity index (χ2n) is 11.3. The Bertz CT molecular complexity index is 1680. The molecular weight excluding hydrogens is 693 g/mol. The number of carbonyl (C=O) groups excluding carboxylic acids is 5. The van der Waals surface area contributed by atoms with Crippen LogP contribution in [0.15, 0.2) is 72.9 Å². The summed E-state index contributed by atoms with van der Waals surface area (Å²) in [4.78, 5) is 69.5. The molecule has 1 aromatic heterocycles. The third-order valence-corrected chi connectivity index (χ3v) is 7.37. The smallest absolute Gasteiger partial charge is 0.405 e. The van der Waals surface area contributed by atoms with Gasteiger partial charge in [0.15, 0.2) is 0 Å². The van der Waals surface area contributed by atoms with Crippen molar-refractivity contribution in [3.8, 4) is 5.75 Å². The van der Waals surface area contributed by atoms with Crippen molar-refractivity contribution in [1.29, 1.82) is 0 Å². The molecule has 3 aromatic rings. The fraction of sp³-hybridized carbons (Fsp3) is 0.333. The fourth-order valence-electron chi connectivity index (χ4n) is 4.55. The number of alkyl halides is 5. The highest BCUT2D eigenvalue weighted by atomic mass is 35.5. The summed E-state index contributed by atoms with van der Waals surface area (Å²) in [5.74, 6) is -13.3. The lowest BCUT2D eigenvalue weighted by Gasteiger charge is -2.28. The number of rotatable bonds is 15. The van der Waals surface area contributed by atoms with Gasteiger partial charge in [0, 0.05) is 17.6 Å². The molecule has 4 amide bonds. The molecular formula is C33H33ClF5N5O6. The van der Waals surface area contributed by atoms with E-state index in [1.54, 1.807) is 36.4 Å². The SMILES string of the molecule is COc1ccc(C(NC(=O)C(Cc2cccc(Cl)c2)NC(=O)c2ccccn2)C(=O)N[C@H](C(=O)C(F)(F)C(=O)NCC(F)(F)F)C(C)C)cc1. The lowest BCUT2D eigenvalue weighted by molar-refractivity contribution is -0.165. The Labute approximate surface area is 288 Å². The molecule has 4 N–H and O–H groups in total. The van der Waals surface area contributed by atoms with Crippen LogP contribution < -0.4 is 26.0 Å². The molecule has 268 valence electrons. The number of benzene rings is 2. The van der Waals surface area contributed by atoms with Gasteiger partial charge in [-0.25, -0.2) is 0 Å². The summed E-state index contributed by atoms with van der Waals surface area (Å²) in [5, 5.41) is 8.47. The number of pyridine rings is 1. The molecule has 0 spiro atoms. The molecule has 0 aliphatic carbocycles. The van der Waals surface area contributed by atoms with Crippen molar-refractivity contribution in [2.75, 3.05) is 13.7 Å². The zero-order valence-corrected chi connectivity index (χ0v) is 27.6. The van der Waals surface area contributed by atoms with Crippen molar-refractivity contribution in [3.05, 3.63) is 94.8 Å². The number of hydrogen-bond acceptors (Lipinski definition) is 7. The van der Waals surface area contributed by atoms with E-state index >= 15 is 0 Å². The molecule has 0 fully saturated rings. The minimum Gasteiger partial charge on any atom is -0.497 e. The quantitative estimate of drug-likeness (QED) is 0.137. The molecule has 0 aliphatic heterocycles.